The molecule has 1 aliphatic rings. The number of hydrogen-bond acceptors (Lipinski definition) is 6. The minimum absolute atomic E-state index is 0.150. The van der Waals surface area contributed by atoms with Crippen LogP contribution < -0.4 is 10.6 Å². The van der Waals surface area contributed by atoms with Crippen LogP contribution in [0.15, 0.2) is 18.2 Å². The molecule has 130 valence electrons. The Morgan fingerprint density at radius 1 is 1.21 bits per heavy atom. The van der Waals surface area contributed by atoms with Gasteiger partial charge < -0.3 is 24.8 Å². The monoisotopic (exact) mass is 352 g/mol. The fourth-order valence-corrected chi connectivity index (χ4v) is 2.56. The molecule has 2 N–H and O–H groups in total. The maximum atomic E-state index is 11.7. The normalized spacial score (nSPS) is 16.3. The number of methoxy groups -OCH3 is 2. The van der Waals surface area contributed by atoms with E-state index in [9.17, 15) is 9.59 Å². The molecule has 0 bridgehead atoms. The molecule has 0 radical (unpaired) electrons. The van der Waals surface area contributed by atoms with Crippen LogP contribution in [-0.4, -0.2) is 50.5 Å². The number of ether oxygens (including phenoxy) is 3. The van der Waals surface area contributed by atoms with E-state index in [0.717, 1.165) is 19.4 Å². The Labute approximate surface area is 145 Å². The molecule has 1 aromatic rings. The molecule has 2 rings (SSSR count). The summed E-state index contributed by atoms with van der Waals surface area (Å²) in [6.45, 7) is 1.38. The highest BCUT2D eigenvalue weighted by molar-refractivity contribution is 7.80. The van der Waals surface area contributed by atoms with Crippen molar-refractivity contribution in [1.29, 1.82) is 0 Å². The minimum Gasteiger partial charge on any atom is -0.465 e. The van der Waals surface area contributed by atoms with Crippen LogP contribution >= 0.6 is 12.2 Å². The van der Waals surface area contributed by atoms with Crippen molar-refractivity contribution >= 4 is 35.0 Å². The number of rotatable bonds is 5. The molecule has 1 unspecified atom stereocenters. The van der Waals surface area contributed by atoms with E-state index in [0.29, 0.717) is 17.3 Å². The molecule has 0 aromatic heterocycles. The van der Waals surface area contributed by atoms with Crippen LogP contribution in [0.3, 0.4) is 0 Å². The molecular formula is C16H20N2O5S. The van der Waals surface area contributed by atoms with Crippen molar-refractivity contribution in [2.24, 2.45) is 0 Å². The zero-order chi connectivity index (χ0) is 17.5. The predicted octanol–water partition coefficient (Wildman–Crippen LogP) is 1.73. The summed E-state index contributed by atoms with van der Waals surface area (Å²) < 4.78 is 14.9. The number of nitrogens with one attached hydrogen (secondary N) is 2. The second-order valence-electron chi connectivity index (χ2n) is 5.25. The van der Waals surface area contributed by atoms with E-state index in [-0.39, 0.29) is 17.2 Å². The number of anilines is 1. The molecule has 1 heterocycles. The van der Waals surface area contributed by atoms with Crippen LogP contribution in [0.4, 0.5) is 5.69 Å². The molecule has 1 atom stereocenters. The molecule has 7 nitrogen and oxygen atoms in total. The van der Waals surface area contributed by atoms with E-state index < -0.39 is 11.9 Å². The third-order valence-electron chi connectivity index (χ3n) is 3.55. The highest BCUT2D eigenvalue weighted by atomic mass is 32.1. The van der Waals surface area contributed by atoms with Crippen LogP contribution in [0.5, 0.6) is 0 Å². The lowest BCUT2D eigenvalue weighted by Crippen LogP contribution is -2.34. The molecular weight excluding hydrogens is 332 g/mol. The van der Waals surface area contributed by atoms with Gasteiger partial charge in [0.1, 0.15) is 0 Å². The maximum Gasteiger partial charge on any atom is 0.337 e. The third kappa shape index (κ3) is 4.90. The van der Waals surface area contributed by atoms with Gasteiger partial charge in [0.2, 0.25) is 0 Å². The lowest BCUT2D eigenvalue weighted by atomic mass is 10.1. The topological polar surface area (TPSA) is 85.9 Å². The lowest BCUT2D eigenvalue weighted by molar-refractivity contribution is 0.0599. The number of esters is 2. The first-order valence-corrected chi connectivity index (χ1v) is 7.92. The lowest BCUT2D eigenvalue weighted by Gasteiger charge is -2.15. The van der Waals surface area contributed by atoms with Gasteiger partial charge in [0.15, 0.2) is 5.11 Å². The van der Waals surface area contributed by atoms with Crippen molar-refractivity contribution < 1.29 is 23.8 Å². The molecule has 8 heteroatoms. The molecule has 1 saturated heterocycles. The van der Waals surface area contributed by atoms with Crippen molar-refractivity contribution in [2.45, 2.75) is 18.9 Å². The molecule has 1 aromatic carbocycles. The van der Waals surface area contributed by atoms with E-state index in [1.807, 2.05) is 0 Å². The van der Waals surface area contributed by atoms with Crippen molar-refractivity contribution in [3.63, 3.8) is 0 Å². The summed E-state index contributed by atoms with van der Waals surface area (Å²) in [7, 11) is 2.54. The number of hydrogen-bond donors (Lipinski definition) is 2. The second-order valence-corrected chi connectivity index (χ2v) is 5.66. The second kappa shape index (κ2) is 8.60. The number of benzene rings is 1. The Bertz CT molecular complexity index is 595. The predicted molar refractivity (Wildman–Crippen MR) is 92.3 cm³/mol. The first-order chi connectivity index (χ1) is 11.5. The fourth-order valence-electron chi connectivity index (χ4n) is 2.36. The minimum atomic E-state index is -0.554. The number of thiocarbonyl (C=S) groups is 1. The van der Waals surface area contributed by atoms with E-state index in [1.165, 1.54) is 20.3 Å². The Morgan fingerprint density at radius 2 is 1.83 bits per heavy atom. The summed E-state index contributed by atoms with van der Waals surface area (Å²) >= 11 is 5.24. The first-order valence-electron chi connectivity index (χ1n) is 7.51. The average Bonchev–Trinajstić information content (AvgIpc) is 3.11. The Morgan fingerprint density at radius 3 is 2.33 bits per heavy atom. The van der Waals surface area contributed by atoms with Gasteiger partial charge in [0, 0.05) is 18.8 Å². The Balaban J connectivity index is 2.07. The maximum absolute atomic E-state index is 11.7. The van der Waals surface area contributed by atoms with Gasteiger partial charge in [-0.3, -0.25) is 0 Å². The molecule has 1 fully saturated rings. The summed E-state index contributed by atoms with van der Waals surface area (Å²) in [5.41, 5.74) is 0.942. The van der Waals surface area contributed by atoms with E-state index in [4.69, 9.17) is 26.4 Å². The Hall–Kier alpha value is -2.19. The van der Waals surface area contributed by atoms with Gasteiger partial charge in [-0.25, -0.2) is 9.59 Å². The highest BCUT2D eigenvalue weighted by Gasteiger charge is 2.16. The van der Waals surface area contributed by atoms with E-state index in [1.54, 1.807) is 12.1 Å². The van der Waals surface area contributed by atoms with Crippen molar-refractivity contribution in [2.75, 3.05) is 32.7 Å². The summed E-state index contributed by atoms with van der Waals surface area (Å²) in [4.78, 5) is 23.5. The van der Waals surface area contributed by atoms with Crippen molar-refractivity contribution in [3.05, 3.63) is 29.3 Å². The third-order valence-corrected chi connectivity index (χ3v) is 3.79. The SMILES string of the molecule is COC(=O)c1cc(NC(=S)NCC2CCCO2)cc(C(=O)OC)c1. The van der Waals surface area contributed by atoms with Gasteiger partial charge in [-0.15, -0.1) is 0 Å². The molecule has 0 aliphatic carbocycles. The number of carbonyl (C=O) groups excluding carboxylic acids is 2. The number of carbonyl (C=O) groups is 2. The van der Waals surface area contributed by atoms with E-state index in [2.05, 4.69) is 10.6 Å². The standard InChI is InChI=1S/C16H20N2O5S/c1-21-14(19)10-6-11(15(20)22-2)8-12(7-10)18-16(24)17-9-13-4-3-5-23-13/h6-8,13H,3-5,9H2,1-2H3,(H2,17,18,24). The summed E-state index contributed by atoms with van der Waals surface area (Å²) in [6, 6.07) is 4.52. The fraction of sp³-hybridized carbons (Fsp3) is 0.438. The summed E-state index contributed by atoms with van der Waals surface area (Å²) in [5, 5.41) is 6.39. The van der Waals surface area contributed by atoms with Crippen LogP contribution in [0, 0.1) is 0 Å². The molecule has 0 saturated carbocycles. The van der Waals surface area contributed by atoms with Gasteiger partial charge in [-0.05, 0) is 43.3 Å². The van der Waals surface area contributed by atoms with Crippen molar-refractivity contribution in [3.8, 4) is 0 Å². The van der Waals surface area contributed by atoms with E-state index >= 15 is 0 Å². The van der Waals surface area contributed by atoms with Gasteiger partial charge in [-0.1, -0.05) is 0 Å². The quantitative estimate of drug-likeness (QED) is 0.612. The summed E-state index contributed by atoms with van der Waals surface area (Å²) in [5.74, 6) is -1.11. The van der Waals surface area contributed by atoms with Gasteiger partial charge >= 0.3 is 11.9 Å². The first kappa shape index (κ1) is 18.2. The zero-order valence-electron chi connectivity index (χ0n) is 13.6. The molecule has 0 spiro atoms. The largest absolute Gasteiger partial charge is 0.465 e. The summed E-state index contributed by atoms with van der Waals surface area (Å²) in [6.07, 6.45) is 2.20. The van der Waals surface area contributed by atoms with Gasteiger partial charge in [0.05, 0.1) is 31.5 Å². The van der Waals surface area contributed by atoms with Gasteiger partial charge in [-0.2, -0.15) is 0 Å². The smallest absolute Gasteiger partial charge is 0.337 e. The molecule has 0 amide bonds. The molecule has 24 heavy (non-hydrogen) atoms. The zero-order valence-corrected chi connectivity index (χ0v) is 14.4. The Kier molecular flexibility index (Phi) is 6.51. The van der Waals surface area contributed by atoms with Gasteiger partial charge in [0.25, 0.3) is 0 Å². The van der Waals surface area contributed by atoms with Crippen molar-refractivity contribution in [1.82, 2.24) is 5.32 Å². The van der Waals surface area contributed by atoms with Crippen LogP contribution in [-0.2, 0) is 14.2 Å². The van der Waals surface area contributed by atoms with Crippen LogP contribution in [0.25, 0.3) is 0 Å². The molecule has 1 aliphatic heterocycles. The van der Waals surface area contributed by atoms with Crippen LogP contribution in [0.2, 0.25) is 0 Å². The average molecular weight is 352 g/mol. The highest BCUT2D eigenvalue weighted by Crippen LogP contribution is 2.17. The van der Waals surface area contributed by atoms with Crippen LogP contribution in [0.1, 0.15) is 33.6 Å².